The summed E-state index contributed by atoms with van der Waals surface area (Å²) in [6.07, 6.45) is 6.99. The molecule has 4 nitrogen and oxygen atoms in total. The van der Waals surface area contributed by atoms with E-state index < -0.39 is 11.3 Å². The van der Waals surface area contributed by atoms with Crippen LogP contribution in [0.5, 0.6) is 0 Å². The number of carbonyl (C=O) groups is 1. The minimum atomic E-state index is -0.492. The molecule has 0 aliphatic heterocycles. The van der Waals surface area contributed by atoms with Crippen LogP contribution in [0.4, 0.5) is 0 Å². The monoisotopic (exact) mass is 331 g/mol. The number of ether oxygens (including phenoxy) is 2. The molecule has 118 valence electrons. The summed E-state index contributed by atoms with van der Waals surface area (Å²) in [5, 5.41) is -0.492. The molecule has 0 amide bonds. The number of thioether (sulfide) groups is 1. The molecular formula is C15H22ClNO3S. The number of esters is 1. The van der Waals surface area contributed by atoms with Crippen LogP contribution in [-0.4, -0.2) is 41.1 Å². The van der Waals surface area contributed by atoms with Gasteiger partial charge in [-0.05, 0) is 46.1 Å². The van der Waals surface area contributed by atoms with Crippen molar-refractivity contribution >= 4 is 35.0 Å². The van der Waals surface area contributed by atoms with Gasteiger partial charge < -0.3 is 9.47 Å². The molecule has 1 aliphatic carbocycles. The zero-order valence-corrected chi connectivity index (χ0v) is 14.6. The van der Waals surface area contributed by atoms with E-state index in [0.29, 0.717) is 11.3 Å². The predicted molar refractivity (Wildman–Crippen MR) is 89.1 cm³/mol. The van der Waals surface area contributed by atoms with E-state index in [0.717, 1.165) is 0 Å². The first-order chi connectivity index (χ1) is 9.83. The zero-order valence-electron chi connectivity index (χ0n) is 13.0. The molecule has 2 atom stereocenters. The standard InChI is InChI=1S/C15H22ClNO3S/c1-9(2)19-14(18)12-8-11(6-7-13(12)16)17-15(21-5)20-10(3)4/h6-10,13,15H,1-5H3/b17-11+. The Labute approximate surface area is 135 Å². The van der Waals surface area contributed by atoms with Gasteiger partial charge in [0.2, 0.25) is 0 Å². The largest absolute Gasteiger partial charge is 0.460 e. The van der Waals surface area contributed by atoms with Crippen molar-refractivity contribution in [3.05, 3.63) is 23.8 Å². The first-order valence-electron chi connectivity index (χ1n) is 6.84. The van der Waals surface area contributed by atoms with Crippen molar-refractivity contribution in [1.29, 1.82) is 0 Å². The van der Waals surface area contributed by atoms with Gasteiger partial charge in [0.15, 0.2) is 5.56 Å². The number of hydrogen-bond acceptors (Lipinski definition) is 5. The second kappa shape index (κ2) is 8.61. The van der Waals surface area contributed by atoms with Crippen molar-refractivity contribution in [2.75, 3.05) is 6.26 Å². The van der Waals surface area contributed by atoms with E-state index in [4.69, 9.17) is 21.1 Å². The van der Waals surface area contributed by atoms with Gasteiger partial charge in [-0.1, -0.05) is 6.08 Å². The van der Waals surface area contributed by atoms with E-state index in [1.54, 1.807) is 32.1 Å². The Hall–Kier alpha value is -0.780. The molecule has 0 saturated heterocycles. The Kier molecular flexibility index (Phi) is 7.49. The molecule has 1 aliphatic rings. The van der Waals surface area contributed by atoms with Crippen molar-refractivity contribution in [1.82, 2.24) is 0 Å². The second-order valence-corrected chi connectivity index (χ2v) is 6.44. The number of alkyl halides is 1. The molecule has 0 aromatic carbocycles. The van der Waals surface area contributed by atoms with Crippen LogP contribution in [-0.2, 0) is 14.3 Å². The molecule has 0 N–H and O–H groups in total. The quantitative estimate of drug-likeness (QED) is 0.424. The number of rotatable bonds is 6. The van der Waals surface area contributed by atoms with Gasteiger partial charge in [-0.2, -0.15) is 0 Å². The Bertz CT molecular complexity index is 458. The zero-order chi connectivity index (χ0) is 16.0. The SMILES string of the molecule is CSC(/N=C1\C=CC(Cl)C(C(=O)OC(C)C)=C1)OC(C)C. The van der Waals surface area contributed by atoms with Crippen LogP contribution >= 0.6 is 23.4 Å². The lowest BCUT2D eigenvalue weighted by atomic mass is 10.0. The maximum Gasteiger partial charge on any atom is 0.336 e. The Morgan fingerprint density at radius 1 is 1.33 bits per heavy atom. The van der Waals surface area contributed by atoms with Crippen LogP contribution in [0, 0.1) is 0 Å². The molecule has 0 aromatic rings. The first kappa shape index (κ1) is 18.3. The number of hydrogen-bond donors (Lipinski definition) is 0. The highest BCUT2D eigenvalue weighted by Gasteiger charge is 2.23. The van der Waals surface area contributed by atoms with Crippen molar-refractivity contribution in [3.8, 4) is 0 Å². The van der Waals surface area contributed by atoms with Gasteiger partial charge >= 0.3 is 5.97 Å². The van der Waals surface area contributed by atoms with Gasteiger partial charge in [-0.15, -0.1) is 23.4 Å². The van der Waals surface area contributed by atoms with E-state index in [9.17, 15) is 4.79 Å². The second-order valence-electron chi connectivity index (χ2n) is 5.10. The van der Waals surface area contributed by atoms with Crippen LogP contribution in [0.2, 0.25) is 0 Å². The van der Waals surface area contributed by atoms with Gasteiger partial charge in [0.1, 0.15) is 0 Å². The van der Waals surface area contributed by atoms with Crippen LogP contribution < -0.4 is 0 Å². The third kappa shape index (κ3) is 6.24. The number of nitrogens with zero attached hydrogens (tertiary/aromatic N) is 1. The minimum Gasteiger partial charge on any atom is -0.460 e. The normalized spacial score (nSPS) is 21.8. The van der Waals surface area contributed by atoms with Crippen molar-refractivity contribution in [3.63, 3.8) is 0 Å². The maximum atomic E-state index is 12.0. The number of halogens is 1. The van der Waals surface area contributed by atoms with E-state index in [2.05, 4.69) is 4.99 Å². The summed E-state index contributed by atoms with van der Waals surface area (Å²) in [5.41, 5.74) is 0.744. The maximum absolute atomic E-state index is 12.0. The van der Waals surface area contributed by atoms with Gasteiger partial charge in [0.25, 0.3) is 0 Å². The molecule has 1 rings (SSSR count). The molecule has 2 unspecified atom stereocenters. The van der Waals surface area contributed by atoms with E-state index >= 15 is 0 Å². The average molecular weight is 332 g/mol. The lowest BCUT2D eigenvalue weighted by Crippen LogP contribution is -2.22. The topological polar surface area (TPSA) is 47.9 Å². The van der Waals surface area contributed by atoms with Crippen LogP contribution in [0.3, 0.4) is 0 Å². The molecule has 0 fully saturated rings. The molecule has 0 aromatic heterocycles. The summed E-state index contributed by atoms with van der Waals surface area (Å²) in [4.78, 5) is 16.5. The van der Waals surface area contributed by atoms with Gasteiger partial charge in [-0.25, -0.2) is 9.79 Å². The molecular weight excluding hydrogens is 310 g/mol. The fourth-order valence-electron chi connectivity index (χ4n) is 1.60. The summed E-state index contributed by atoms with van der Waals surface area (Å²) in [5.74, 6) is -0.410. The third-order valence-electron chi connectivity index (χ3n) is 2.46. The van der Waals surface area contributed by atoms with Crippen LogP contribution in [0.25, 0.3) is 0 Å². The molecule has 21 heavy (non-hydrogen) atoms. The molecule has 6 heteroatoms. The Balaban J connectivity index is 2.90. The molecule has 0 saturated carbocycles. The number of carbonyl (C=O) groups excluding carboxylic acids is 1. The fraction of sp³-hybridized carbons (Fsp3) is 0.600. The third-order valence-corrected chi connectivity index (χ3v) is 3.46. The summed E-state index contributed by atoms with van der Waals surface area (Å²) in [7, 11) is 0. The van der Waals surface area contributed by atoms with E-state index in [1.807, 2.05) is 20.1 Å². The van der Waals surface area contributed by atoms with Crippen molar-refractivity contribution in [2.24, 2.45) is 4.99 Å². The highest BCUT2D eigenvalue weighted by molar-refractivity contribution is 7.99. The predicted octanol–water partition coefficient (Wildman–Crippen LogP) is 3.55. The summed E-state index contributed by atoms with van der Waals surface area (Å²) in [6.45, 7) is 7.51. The van der Waals surface area contributed by atoms with Gasteiger partial charge in [0, 0.05) is 0 Å². The smallest absolute Gasteiger partial charge is 0.336 e. The number of aliphatic imine (C=N–C) groups is 1. The average Bonchev–Trinajstić information content (AvgIpc) is 2.38. The first-order valence-corrected chi connectivity index (χ1v) is 8.56. The highest BCUT2D eigenvalue weighted by Crippen LogP contribution is 2.21. The Morgan fingerprint density at radius 2 is 2.00 bits per heavy atom. The lowest BCUT2D eigenvalue weighted by Gasteiger charge is -2.18. The van der Waals surface area contributed by atoms with Crippen molar-refractivity contribution in [2.45, 2.75) is 50.8 Å². The van der Waals surface area contributed by atoms with Crippen LogP contribution in [0.1, 0.15) is 27.7 Å². The summed E-state index contributed by atoms with van der Waals surface area (Å²) >= 11 is 7.62. The summed E-state index contributed by atoms with van der Waals surface area (Å²) < 4.78 is 10.8. The molecule has 0 bridgehead atoms. The van der Waals surface area contributed by atoms with Gasteiger partial charge in [-0.3, -0.25) is 0 Å². The Morgan fingerprint density at radius 3 is 2.52 bits per heavy atom. The minimum absolute atomic E-state index is 0.0782. The fourth-order valence-corrected chi connectivity index (χ4v) is 2.39. The van der Waals surface area contributed by atoms with Gasteiger partial charge in [0.05, 0.1) is 28.9 Å². The van der Waals surface area contributed by atoms with Crippen molar-refractivity contribution < 1.29 is 14.3 Å². The summed E-state index contributed by atoms with van der Waals surface area (Å²) in [6, 6.07) is 0. The molecule has 0 heterocycles. The van der Waals surface area contributed by atoms with E-state index in [-0.39, 0.29) is 17.8 Å². The molecule has 0 spiro atoms. The van der Waals surface area contributed by atoms with E-state index in [1.165, 1.54) is 11.8 Å². The number of allylic oxidation sites excluding steroid dienone is 3. The lowest BCUT2D eigenvalue weighted by molar-refractivity contribution is -0.142. The highest BCUT2D eigenvalue weighted by atomic mass is 35.5. The molecule has 0 radical (unpaired) electrons. The van der Waals surface area contributed by atoms with Crippen LogP contribution in [0.15, 0.2) is 28.8 Å².